The van der Waals surface area contributed by atoms with Crippen molar-refractivity contribution in [1.29, 1.82) is 0 Å². The molecule has 0 bridgehead atoms. The minimum absolute atomic E-state index is 0.0431. The molecule has 0 atom stereocenters. The summed E-state index contributed by atoms with van der Waals surface area (Å²) in [5, 5.41) is -0.850. The second-order valence-electron chi connectivity index (χ2n) is 2.04. The summed E-state index contributed by atoms with van der Waals surface area (Å²) in [4.78, 5) is 0. The Morgan fingerprint density at radius 2 is 1.16 bits per heavy atom. The Kier molecular flexibility index (Phi) is 3.10. The van der Waals surface area contributed by atoms with Crippen molar-refractivity contribution in [1.82, 2.24) is 0 Å². The molecule has 19 heavy (non-hydrogen) atoms. The molecule has 0 radical (unpaired) electrons. The van der Waals surface area contributed by atoms with Crippen LogP contribution < -0.4 is 0 Å². The second kappa shape index (κ2) is 11.4. The summed E-state index contributed by atoms with van der Waals surface area (Å²) in [7, 11) is 0. The smallest absolute Gasteiger partial charge is 0.248 e. The van der Waals surface area contributed by atoms with Crippen molar-refractivity contribution in [3.8, 4) is 0 Å². The van der Waals surface area contributed by atoms with Gasteiger partial charge in [0.05, 0.1) is 42.3 Å². The van der Waals surface area contributed by atoms with Gasteiger partial charge in [0.25, 0.3) is 0 Å². The number of hydrogen-bond acceptors (Lipinski definition) is 8. The molecule has 0 spiro atoms. The van der Waals surface area contributed by atoms with Gasteiger partial charge in [0.15, 0.2) is 0 Å². The van der Waals surface area contributed by atoms with E-state index in [0.29, 0.717) is 0 Å². The molecule has 0 amide bonds. The van der Waals surface area contributed by atoms with Crippen LogP contribution in [0.5, 0.6) is 0 Å². The van der Waals surface area contributed by atoms with E-state index in [1.54, 1.807) is 0 Å². The minimum Gasteiger partial charge on any atom is -0.322 e. The van der Waals surface area contributed by atoms with E-state index in [2.05, 4.69) is 0 Å². The zero-order valence-electron chi connectivity index (χ0n) is 28.9. The molecular weight excluding hydrogens is 362 g/mol. The second-order valence-corrected chi connectivity index (χ2v) is 14.7. The van der Waals surface area contributed by atoms with Crippen LogP contribution in [0.1, 0.15) is 54.8 Å². The zero-order chi connectivity index (χ0) is 31.9. The van der Waals surface area contributed by atoms with Crippen molar-refractivity contribution in [2.45, 2.75) is 27.4 Å². The molecule has 0 aliphatic carbocycles. The van der Waals surface area contributed by atoms with Crippen molar-refractivity contribution in [2.24, 2.45) is 0 Å². The van der Waals surface area contributed by atoms with Gasteiger partial charge < -0.3 is 18.1 Å². The van der Waals surface area contributed by atoms with Gasteiger partial charge in [-0.2, -0.15) is 0 Å². The summed E-state index contributed by atoms with van der Waals surface area (Å²) in [6, 6.07) is 0. The summed E-state index contributed by atoms with van der Waals surface area (Å²) in [5.41, 5.74) is -9.40. The van der Waals surface area contributed by atoms with Crippen molar-refractivity contribution >= 4 is 57.8 Å². The van der Waals surface area contributed by atoms with Gasteiger partial charge in [-0.05, 0) is 51.0 Å². The van der Waals surface area contributed by atoms with Gasteiger partial charge in [0, 0.05) is 16.4 Å². The molecule has 0 unspecified atom stereocenters. The van der Waals surface area contributed by atoms with Gasteiger partial charge >= 0.3 is 0 Å². The van der Waals surface area contributed by atoms with E-state index in [1.165, 1.54) is 0 Å². The van der Waals surface area contributed by atoms with Crippen LogP contribution in [0.25, 0.3) is 0 Å². The fraction of sp³-hybridized carbons (Fsp3) is 1.00. The van der Waals surface area contributed by atoms with Crippen LogP contribution in [-0.2, 0) is 41.7 Å². The van der Waals surface area contributed by atoms with E-state index in [0.717, 1.165) is 0 Å². The Morgan fingerprint density at radius 1 is 0.842 bits per heavy atom. The Morgan fingerprint density at radius 3 is 1.42 bits per heavy atom. The number of rotatable bonds is 12. The third-order valence-corrected chi connectivity index (χ3v) is 11.3. The Labute approximate surface area is 163 Å². The lowest BCUT2D eigenvalue weighted by Gasteiger charge is -2.23. The van der Waals surface area contributed by atoms with Crippen molar-refractivity contribution in [2.75, 3.05) is 31.3 Å². The molecule has 4 nitrogen and oxygen atoms in total. The molecular formula is C9H22O4P2S4. The molecule has 0 aromatic heterocycles. The molecule has 0 saturated heterocycles. The topological polar surface area (TPSA) is 36.9 Å². The molecule has 116 valence electrons. The van der Waals surface area contributed by atoms with Gasteiger partial charge in [-0.1, -0.05) is 22.8 Å². The van der Waals surface area contributed by atoms with Crippen molar-refractivity contribution < 1.29 is 45.5 Å². The van der Waals surface area contributed by atoms with E-state index in [-0.39, 0.29) is 22.8 Å². The standard InChI is InChI=1S/C9H22O4P2S4/c1-5-10-14(16,11-6-2)18-9-19-15(17,12-7-3)13-8-4/h5-9H2,1-4H3/i1D3,2D3,3D3,4D3,5D2,6D2,7D2,8D2. The van der Waals surface area contributed by atoms with Crippen LogP contribution >= 0.6 is 34.2 Å². The molecule has 0 heterocycles. The third-order valence-electron chi connectivity index (χ3n) is 1.05. The van der Waals surface area contributed by atoms with Crippen LogP contribution in [0.4, 0.5) is 0 Å². The van der Waals surface area contributed by atoms with Crippen LogP contribution in [0.2, 0.25) is 0 Å². The van der Waals surface area contributed by atoms with Crippen molar-refractivity contribution in [3.05, 3.63) is 0 Å². The summed E-state index contributed by atoms with van der Waals surface area (Å²) in [6.45, 7) is -28.6. The van der Waals surface area contributed by atoms with E-state index in [1.807, 2.05) is 0 Å². The first-order chi connectivity index (χ1) is 16.5. The average molecular weight is 405 g/mol. The first kappa shape index (κ1) is 5.17. The maximum absolute atomic E-state index is 7.62. The number of hydrogen-bond donors (Lipinski definition) is 0. The van der Waals surface area contributed by atoms with Gasteiger partial charge in [0.2, 0.25) is 11.4 Å². The highest BCUT2D eigenvalue weighted by molar-refractivity contribution is 8.76. The van der Waals surface area contributed by atoms with E-state index in [9.17, 15) is 0 Å². The first-order valence-corrected chi connectivity index (χ1v) is 12.3. The highest BCUT2D eigenvalue weighted by Crippen LogP contribution is 2.67. The van der Waals surface area contributed by atoms with Gasteiger partial charge in [-0.25, -0.2) is 0 Å². The van der Waals surface area contributed by atoms with Crippen molar-refractivity contribution in [3.63, 3.8) is 0 Å². The Bertz CT molecular complexity index is 803. The molecule has 0 aromatic rings. The predicted octanol–water partition coefficient (Wildman–Crippen LogP) is 5.01. The quantitative estimate of drug-likeness (QED) is 0.332. The molecule has 10 heteroatoms. The van der Waals surface area contributed by atoms with Gasteiger partial charge in [0.1, 0.15) is 0 Å². The van der Waals surface area contributed by atoms with E-state index in [4.69, 9.17) is 69.1 Å². The monoisotopic (exact) mass is 404 g/mol. The lowest BCUT2D eigenvalue weighted by Crippen LogP contribution is -1.94. The molecule has 0 aromatic carbocycles. The SMILES string of the molecule is [2H]C([2H])([2H])C([2H])([2H])OP(=S)(OC([2H])([2H])C([2H])([2H])[2H])SCSP(=S)(OC([2H])([2H])C([2H])([2H])[2H])OC([2H])([2H])C([2H])([2H])[2H]. The average Bonchev–Trinajstić information content (AvgIpc) is 2.54. The van der Waals surface area contributed by atoms with Gasteiger partial charge in [-0.15, -0.1) is 0 Å². The summed E-state index contributed by atoms with van der Waals surface area (Å²) >= 11 is 10.0. The Hall–Kier alpha value is 1.84. The summed E-state index contributed by atoms with van der Waals surface area (Å²) in [5.74, 6) is 0. The lowest BCUT2D eigenvalue weighted by atomic mass is 10.9. The largest absolute Gasteiger partial charge is 0.322 e. The fourth-order valence-electron chi connectivity index (χ4n) is 0.519. The maximum atomic E-state index is 7.62. The predicted molar refractivity (Wildman–Crippen MR) is 95.1 cm³/mol. The molecule has 0 fully saturated rings. The van der Waals surface area contributed by atoms with Crippen LogP contribution in [0, 0.1) is 0 Å². The maximum Gasteiger partial charge on any atom is 0.248 e. The van der Waals surface area contributed by atoms with E-state index < -0.39 is 70.1 Å². The molecule has 0 N–H and O–H groups in total. The van der Waals surface area contributed by atoms with Crippen LogP contribution in [-0.4, -0.2) is 31.3 Å². The highest BCUT2D eigenvalue weighted by Gasteiger charge is 2.23. The summed E-state index contributed by atoms with van der Waals surface area (Å²) < 4.78 is 167. The van der Waals surface area contributed by atoms with E-state index >= 15 is 0 Å². The minimum atomic E-state index is -4.70. The highest BCUT2D eigenvalue weighted by atomic mass is 32.9. The lowest BCUT2D eigenvalue weighted by molar-refractivity contribution is 0.280. The molecule has 0 rings (SSSR count). The Balaban J connectivity index is 6.41. The zero-order valence-corrected chi connectivity index (χ0v) is 13.9. The molecule has 0 saturated carbocycles. The third kappa shape index (κ3) is 9.46. The normalized spacial score (nSPS) is 34.1. The van der Waals surface area contributed by atoms with Crippen LogP contribution in [0.3, 0.4) is 0 Å². The molecule has 0 aliphatic rings. The summed E-state index contributed by atoms with van der Waals surface area (Å²) in [6.07, 6.45) is 0. The fourth-order valence-corrected chi connectivity index (χ4v) is 10.3. The first-order valence-electron chi connectivity index (χ1n) is 13.9. The van der Waals surface area contributed by atoms with Gasteiger partial charge in [-0.3, -0.25) is 0 Å². The van der Waals surface area contributed by atoms with Crippen LogP contribution in [0.15, 0.2) is 0 Å². The molecule has 0 aliphatic heterocycles.